The number of nitrogens with zero attached hydrogens (tertiary/aromatic N) is 3. The third kappa shape index (κ3) is 2.81. The van der Waals surface area contributed by atoms with E-state index in [9.17, 15) is 0 Å². The smallest absolute Gasteiger partial charge is 0.141 e. The largest absolute Gasteiger partial charge is 0.308 e. The quantitative estimate of drug-likeness (QED) is 0.764. The van der Waals surface area contributed by atoms with E-state index in [1.165, 1.54) is 0 Å². The zero-order valence-corrected chi connectivity index (χ0v) is 8.78. The molecule has 0 aliphatic rings. The zero-order chi connectivity index (χ0) is 9.84. The van der Waals surface area contributed by atoms with Gasteiger partial charge in [-0.1, -0.05) is 13.8 Å². The summed E-state index contributed by atoms with van der Waals surface area (Å²) in [5, 5.41) is 7.48. The molecule has 0 amide bonds. The highest BCUT2D eigenvalue weighted by Crippen LogP contribution is 2.04. The Labute approximate surface area is 79.4 Å². The lowest BCUT2D eigenvalue weighted by Crippen LogP contribution is -2.24. The van der Waals surface area contributed by atoms with Gasteiger partial charge in [-0.25, -0.2) is 9.67 Å². The summed E-state index contributed by atoms with van der Waals surface area (Å²) in [6.07, 6.45) is 1.61. The van der Waals surface area contributed by atoms with Gasteiger partial charge in [0.05, 0.1) is 6.54 Å². The molecule has 0 aliphatic heterocycles. The van der Waals surface area contributed by atoms with Gasteiger partial charge in [0.2, 0.25) is 0 Å². The third-order valence-electron chi connectivity index (χ3n) is 1.80. The van der Waals surface area contributed by atoms with E-state index in [-0.39, 0.29) is 0 Å². The Morgan fingerprint density at radius 1 is 1.38 bits per heavy atom. The second-order valence-electron chi connectivity index (χ2n) is 3.75. The van der Waals surface area contributed by atoms with Gasteiger partial charge in [0.25, 0.3) is 0 Å². The lowest BCUT2D eigenvalue weighted by atomic mass is 10.3. The van der Waals surface area contributed by atoms with Crippen LogP contribution in [0.5, 0.6) is 0 Å². The minimum absolute atomic E-state index is 0.381. The van der Waals surface area contributed by atoms with Crippen LogP contribution in [0.25, 0.3) is 0 Å². The molecular formula is C9H18N4. The summed E-state index contributed by atoms with van der Waals surface area (Å²) in [5.74, 6) is 1.00. The summed E-state index contributed by atoms with van der Waals surface area (Å²) >= 11 is 0. The highest BCUT2D eigenvalue weighted by Gasteiger charge is 2.06. The van der Waals surface area contributed by atoms with Gasteiger partial charge in [-0.3, -0.25) is 0 Å². The maximum Gasteiger partial charge on any atom is 0.141 e. The summed E-state index contributed by atoms with van der Waals surface area (Å²) in [6, 6.07) is 0.865. The van der Waals surface area contributed by atoms with Crippen molar-refractivity contribution in [3.63, 3.8) is 0 Å². The van der Waals surface area contributed by atoms with Gasteiger partial charge in [0.15, 0.2) is 0 Å². The normalized spacial score (nSPS) is 11.5. The van der Waals surface area contributed by atoms with Crippen molar-refractivity contribution < 1.29 is 0 Å². The Bertz CT molecular complexity index is 252. The monoisotopic (exact) mass is 182 g/mol. The Hall–Kier alpha value is -0.900. The van der Waals surface area contributed by atoms with E-state index in [0.29, 0.717) is 12.1 Å². The molecule has 1 heterocycles. The third-order valence-corrected chi connectivity index (χ3v) is 1.80. The second-order valence-corrected chi connectivity index (χ2v) is 3.75. The van der Waals surface area contributed by atoms with Gasteiger partial charge in [0.1, 0.15) is 12.2 Å². The van der Waals surface area contributed by atoms with Crippen LogP contribution in [0.4, 0.5) is 0 Å². The van der Waals surface area contributed by atoms with Gasteiger partial charge >= 0.3 is 0 Å². The molecule has 0 saturated carbocycles. The van der Waals surface area contributed by atoms with E-state index < -0.39 is 0 Å². The van der Waals surface area contributed by atoms with Crippen LogP contribution in [0, 0.1) is 0 Å². The van der Waals surface area contributed by atoms with Crippen molar-refractivity contribution in [2.75, 3.05) is 0 Å². The van der Waals surface area contributed by atoms with Crippen LogP contribution in [0.1, 0.15) is 39.6 Å². The molecule has 1 aromatic rings. The first-order valence-electron chi connectivity index (χ1n) is 4.73. The lowest BCUT2D eigenvalue weighted by Gasteiger charge is -2.11. The average Bonchev–Trinajstić information content (AvgIpc) is 2.47. The van der Waals surface area contributed by atoms with Gasteiger partial charge in [-0.2, -0.15) is 5.10 Å². The van der Waals surface area contributed by atoms with Crippen LogP contribution < -0.4 is 5.32 Å². The Morgan fingerprint density at radius 2 is 2.08 bits per heavy atom. The zero-order valence-electron chi connectivity index (χ0n) is 8.78. The molecule has 4 nitrogen and oxygen atoms in total. The SMILES string of the molecule is CC(C)NCc1ncnn1C(C)C. The van der Waals surface area contributed by atoms with E-state index in [1.807, 2.05) is 4.68 Å². The van der Waals surface area contributed by atoms with E-state index in [2.05, 4.69) is 43.1 Å². The molecule has 1 aromatic heterocycles. The van der Waals surface area contributed by atoms with E-state index in [4.69, 9.17) is 0 Å². The maximum atomic E-state index is 4.20. The molecular weight excluding hydrogens is 164 g/mol. The van der Waals surface area contributed by atoms with Gasteiger partial charge in [0, 0.05) is 12.1 Å². The molecule has 0 spiro atoms. The Balaban J connectivity index is 2.60. The van der Waals surface area contributed by atoms with Crippen LogP contribution in [0.15, 0.2) is 6.33 Å². The first kappa shape index (κ1) is 10.2. The fourth-order valence-corrected chi connectivity index (χ4v) is 1.13. The van der Waals surface area contributed by atoms with Crippen LogP contribution in [0.2, 0.25) is 0 Å². The molecule has 0 aliphatic carbocycles. The summed E-state index contributed by atoms with van der Waals surface area (Å²) in [5.41, 5.74) is 0. The van der Waals surface area contributed by atoms with Crippen molar-refractivity contribution in [1.82, 2.24) is 20.1 Å². The predicted octanol–water partition coefficient (Wildman–Crippen LogP) is 1.36. The Morgan fingerprint density at radius 3 is 2.62 bits per heavy atom. The summed E-state index contributed by atoms with van der Waals surface area (Å²) in [7, 11) is 0. The first-order chi connectivity index (χ1) is 6.11. The topological polar surface area (TPSA) is 42.7 Å². The van der Waals surface area contributed by atoms with Crippen LogP contribution in [0.3, 0.4) is 0 Å². The molecule has 74 valence electrons. The molecule has 0 fully saturated rings. The van der Waals surface area contributed by atoms with Gasteiger partial charge < -0.3 is 5.32 Å². The fraction of sp³-hybridized carbons (Fsp3) is 0.778. The van der Waals surface area contributed by atoms with Crippen molar-refractivity contribution in [1.29, 1.82) is 0 Å². The Kier molecular flexibility index (Phi) is 3.42. The molecule has 0 bridgehead atoms. The first-order valence-corrected chi connectivity index (χ1v) is 4.73. The molecule has 1 rings (SSSR count). The van der Waals surface area contributed by atoms with E-state index in [0.717, 1.165) is 12.4 Å². The lowest BCUT2D eigenvalue weighted by molar-refractivity contribution is 0.477. The molecule has 0 atom stereocenters. The predicted molar refractivity (Wildman–Crippen MR) is 52.4 cm³/mol. The molecule has 4 heteroatoms. The van der Waals surface area contributed by atoms with Crippen molar-refractivity contribution in [2.24, 2.45) is 0 Å². The standard InChI is InChI=1S/C9H18N4/c1-7(2)10-5-9-11-6-12-13(9)8(3)4/h6-8,10H,5H2,1-4H3. The number of hydrogen-bond donors (Lipinski definition) is 1. The van der Waals surface area contributed by atoms with Crippen LogP contribution >= 0.6 is 0 Å². The molecule has 1 N–H and O–H groups in total. The van der Waals surface area contributed by atoms with Gasteiger partial charge in [-0.05, 0) is 13.8 Å². The molecule has 0 saturated heterocycles. The van der Waals surface area contributed by atoms with Crippen LogP contribution in [-0.4, -0.2) is 20.8 Å². The summed E-state index contributed by atoms with van der Waals surface area (Å²) in [6.45, 7) is 9.24. The second kappa shape index (κ2) is 4.37. The average molecular weight is 182 g/mol. The molecule has 13 heavy (non-hydrogen) atoms. The van der Waals surface area contributed by atoms with Crippen molar-refractivity contribution in [3.05, 3.63) is 12.2 Å². The minimum atomic E-state index is 0.381. The highest BCUT2D eigenvalue weighted by molar-refractivity contribution is 4.85. The van der Waals surface area contributed by atoms with Crippen molar-refractivity contribution in [3.8, 4) is 0 Å². The van der Waals surface area contributed by atoms with Crippen molar-refractivity contribution >= 4 is 0 Å². The number of aromatic nitrogens is 3. The molecule has 0 radical (unpaired) electrons. The number of rotatable bonds is 4. The molecule has 0 unspecified atom stereocenters. The fourth-order valence-electron chi connectivity index (χ4n) is 1.13. The minimum Gasteiger partial charge on any atom is -0.308 e. The highest BCUT2D eigenvalue weighted by atomic mass is 15.4. The maximum absolute atomic E-state index is 4.20. The van der Waals surface area contributed by atoms with Crippen molar-refractivity contribution in [2.45, 2.75) is 46.3 Å². The molecule has 0 aromatic carbocycles. The van der Waals surface area contributed by atoms with Crippen LogP contribution in [-0.2, 0) is 6.54 Å². The summed E-state index contributed by atoms with van der Waals surface area (Å²) < 4.78 is 1.94. The number of hydrogen-bond acceptors (Lipinski definition) is 3. The number of nitrogens with one attached hydrogen (secondary N) is 1. The van der Waals surface area contributed by atoms with E-state index in [1.54, 1.807) is 6.33 Å². The summed E-state index contributed by atoms with van der Waals surface area (Å²) in [4.78, 5) is 4.20. The van der Waals surface area contributed by atoms with Gasteiger partial charge in [-0.15, -0.1) is 0 Å². The van der Waals surface area contributed by atoms with E-state index >= 15 is 0 Å².